The Morgan fingerprint density at radius 2 is 1.67 bits per heavy atom. The van der Waals surface area contributed by atoms with Gasteiger partial charge in [-0.2, -0.15) is 0 Å². The number of hydrogen-bond acceptors (Lipinski definition) is 2. The number of aromatic nitrogens is 3. The minimum Gasteiger partial charge on any atom is -0.0160 e. The van der Waals surface area contributed by atoms with Gasteiger partial charge in [-0.3, -0.25) is 0 Å². The maximum atomic E-state index is 4.04. The topological polar surface area (TPSA) is 29.7 Å². The van der Waals surface area contributed by atoms with Crippen LogP contribution in [0.2, 0.25) is 0 Å². The molecule has 1 aromatic heterocycles. The number of aryl methyl sites for hydroxylation is 3. The van der Waals surface area contributed by atoms with Crippen LogP contribution in [-0.4, -0.2) is 10.2 Å². The maximum Gasteiger partial charge on any atom is 0.193 e. The predicted molar refractivity (Wildman–Crippen MR) is 32.7 cm³/mol. The molecule has 0 radical (unpaired) electrons. The molecule has 0 aromatic carbocycles. The van der Waals surface area contributed by atoms with Crippen LogP contribution >= 0.6 is 0 Å². The maximum absolute atomic E-state index is 4.04. The summed E-state index contributed by atoms with van der Waals surface area (Å²) in [5, 5.41) is 8.08. The Hall–Kier alpha value is -0.990. The van der Waals surface area contributed by atoms with Crippen LogP contribution in [0.15, 0.2) is 6.07 Å². The fourth-order valence-corrected chi connectivity index (χ4v) is 0.839. The molecule has 1 rings (SSSR count). The van der Waals surface area contributed by atoms with Crippen molar-refractivity contribution in [2.24, 2.45) is 7.05 Å². The van der Waals surface area contributed by atoms with E-state index in [1.165, 1.54) is 0 Å². The first-order chi connectivity index (χ1) is 4.18. The van der Waals surface area contributed by atoms with Crippen LogP contribution in [0.5, 0.6) is 0 Å². The van der Waals surface area contributed by atoms with Crippen molar-refractivity contribution in [2.45, 2.75) is 13.8 Å². The first kappa shape index (κ1) is 6.13. The Morgan fingerprint density at radius 1 is 1.22 bits per heavy atom. The monoisotopic (exact) mass is 124 g/mol. The molecule has 0 spiro atoms. The van der Waals surface area contributed by atoms with E-state index in [0.717, 1.165) is 11.4 Å². The summed E-state index contributed by atoms with van der Waals surface area (Å²) < 4.78 is 0. The Balaban J connectivity index is 3.17. The summed E-state index contributed by atoms with van der Waals surface area (Å²) in [6, 6.07) is 1.94. The van der Waals surface area contributed by atoms with Crippen molar-refractivity contribution in [2.75, 3.05) is 0 Å². The standard InChI is InChI=1S/C6H10N3/c1-5-4-6(2)8-9(3)7-5/h4H,1-3H3/q+1. The van der Waals surface area contributed by atoms with Gasteiger partial charge in [0.1, 0.15) is 11.4 Å². The van der Waals surface area contributed by atoms with Gasteiger partial charge in [-0.15, -0.1) is 0 Å². The van der Waals surface area contributed by atoms with Crippen molar-refractivity contribution in [1.29, 1.82) is 0 Å². The second-order valence-corrected chi connectivity index (χ2v) is 2.12. The van der Waals surface area contributed by atoms with Crippen LogP contribution in [0.4, 0.5) is 0 Å². The van der Waals surface area contributed by atoms with Crippen molar-refractivity contribution in [1.82, 2.24) is 10.2 Å². The molecule has 1 heterocycles. The van der Waals surface area contributed by atoms with Gasteiger partial charge in [0.25, 0.3) is 0 Å². The lowest BCUT2D eigenvalue weighted by atomic mass is 10.4. The van der Waals surface area contributed by atoms with Crippen molar-refractivity contribution in [3.8, 4) is 0 Å². The first-order valence-corrected chi connectivity index (χ1v) is 2.87. The molecule has 3 nitrogen and oxygen atoms in total. The highest BCUT2D eigenvalue weighted by atomic mass is 15.4. The highest BCUT2D eigenvalue weighted by Gasteiger charge is 1.97. The predicted octanol–water partition coefficient (Wildman–Crippen LogP) is -0.0821. The third-order valence-corrected chi connectivity index (χ3v) is 1.02. The number of hydrogen-bond donors (Lipinski definition) is 0. The molecular formula is C6H10N3+. The summed E-state index contributed by atoms with van der Waals surface area (Å²) in [4.78, 5) is 1.57. The summed E-state index contributed by atoms with van der Waals surface area (Å²) >= 11 is 0. The van der Waals surface area contributed by atoms with Gasteiger partial charge in [-0.05, 0) is 19.9 Å². The van der Waals surface area contributed by atoms with Crippen LogP contribution in [0.1, 0.15) is 11.4 Å². The van der Waals surface area contributed by atoms with Crippen molar-refractivity contribution >= 4 is 0 Å². The fraction of sp³-hybridized carbons (Fsp3) is 0.500. The Bertz CT molecular complexity index is 169. The summed E-state index contributed by atoms with van der Waals surface area (Å²) in [6.45, 7) is 3.91. The zero-order chi connectivity index (χ0) is 6.85. The van der Waals surface area contributed by atoms with E-state index in [2.05, 4.69) is 10.2 Å². The lowest BCUT2D eigenvalue weighted by molar-refractivity contribution is -0.787. The van der Waals surface area contributed by atoms with E-state index in [9.17, 15) is 0 Å². The third-order valence-electron chi connectivity index (χ3n) is 1.02. The molecule has 0 bridgehead atoms. The second kappa shape index (κ2) is 2.09. The van der Waals surface area contributed by atoms with E-state index in [1.54, 1.807) is 4.80 Å². The van der Waals surface area contributed by atoms with E-state index in [4.69, 9.17) is 0 Å². The molecule has 0 aliphatic heterocycles. The highest BCUT2D eigenvalue weighted by molar-refractivity contribution is 4.99. The molecule has 0 atom stereocenters. The zero-order valence-corrected chi connectivity index (χ0v) is 5.92. The normalized spacial score (nSPS) is 9.67. The van der Waals surface area contributed by atoms with Gasteiger partial charge in [-0.1, -0.05) is 0 Å². The Labute approximate surface area is 54.3 Å². The van der Waals surface area contributed by atoms with Crippen molar-refractivity contribution in [3.63, 3.8) is 0 Å². The van der Waals surface area contributed by atoms with Crippen LogP contribution in [0.3, 0.4) is 0 Å². The summed E-state index contributed by atoms with van der Waals surface area (Å²) in [5.74, 6) is 0. The van der Waals surface area contributed by atoms with Gasteiger partial charge < -0.3 is 0 Å². The third kappa shape index (κ3) is 1.45. The summed E-state index contributed by atoms with van der Waals surface area (Å²) in [6.07, 6.45) is 0. The molecule has 1 aromatic rings. The lowest BCUT2D eigenvalue weighted by Crippen LogP contribution is -2.38. The molecule has 0 fully saturated rings. The highest BCUT2D eigenvalue weighted by Crippen LogP contribution is 1.88. The van der Waals surface area contributed by atoms with E-state index < -0.39 is 0 Å². The average Bonchev–Trinajstić information content (AvgIpc) is 1.59. The first-order valence-electron chi connectivity index (χ1n) is 2.87. The summed E-state index contributed by atoms with van der Waals surface area (Å²) in [5.41, 5.74) is 2.01. The average molecular weight is 124 g/mol. The molecule has 0 unspecified atom stereocenters. The minimum atomic E-state index is 1.00. The van der Waals surface area contributed by atoms with Crippen molar-refractivity contribution in [3.05, 3.63) is 17.5 Å². The molecule has 0 saturated heterocycles. The molecule has 0 aliphatic rings. The van der Waals surface area contributed by atoms with E-state index >= 15 is 0 Å². The molecule has 0 saturated carbocycles. The smallest absolute Gasteiger partial charge is 0.0160 e. The Kier molecular flexibility index (Phi) is 1.42. The molecule has 0 N–H and O–H groups in total. The van der Waals surface area contributed by atoms with Gasteiger partial charge in [0.15, 0.2) is 7.05 Å². The van der Waals surface area contributed by atoms with Gasteiger partial charge in [0.2, 0.25) is 0 Å². The van der Waals surface area contributed by atoms with Gasteiger partial charge in [0.05, 0.1) is 0 Å². The van der Waals surface area contributed by atoms with E-state index in [0.29, 0.717) is 0 Å². The molecule has 3 heteroatoms. The van der Waals surface area contributed by atoms with Crippen LogP contribution in [0, 0.1) is 13.8 Å². The SMILES string of the molecule is Cc1cc(C)n[n+](C)n1. The number of nitrogens with zero attached hydrogens (tertiary/aromatic N) is 3. The largest absolute Gasteiger partial charge is 0.193 e. The van der Waals surface area contributed by atoms with Gasteiger partial charge in [0, 0.05) is 15.0 Å². The fourth-order valence-electron chi connectivity index (χ4n) is 0.839. The zero-order valence-electron chi connectivity index (χ0n) is 5.92. The Morgan fingerprint density at radius 3 is 2.00 bits per heavy atom. The van der Waals surface area contributed by atoms with E-state index in [-0.39, 0.29) is 0 Å². The van der Waals surface area contributed by atoms with Crippen LogP contribution in [0.25, 0.3) is 0 Å². The minimum absolute atomic E-state index is 1.00. The molecule has 9 heavy (non-hydrogen) atoms. The molecule has 0 aliphatic carbocycles. The number of rotatable bonds is 0. The molecule has 0 amide bonds. The molecular weight excluding hydrogens is 114 g/mol. The lowest BCUT2D eigenvalue weighted by Gasteiger charge is -1.86. The second-order valence-electron chi connectivity index (χ2n) is 2.12. The van der Waals surface area contributed by atoms with Crippen molar-refractivity contribution < 1.29 is 4.80 Å². The van der Waals surface area contributed by atoms with Gasteiger partial charge >= 0.3 is 0 Å². The van der Waals surface area contributed by atoms with E-state index in [1.807, 2.05) is 27.0 Å². The van der Waals surface area contributed by atoms with Gasteiger partial charge in [-0.25, -0.2) is 0 Å². The quantitative estimate of drug-likeness (QED) is 0.453. The molecule has 48 valence electrons. The summed E-state index contributed by atoms with van der Waals surface area (Å²) in [7, 11) is 1.82. The van der Waals surface area contributed by atoms with Crippen LogP contribution in [-0.2, 0) is 7.05 Å². The van der Waals surface area contributed by atoms with Crippen LogP contribution < -0.4 is 4.80 Å².